The fraction of sp³-hybridized carbons (Fsp3) is 0.316. The van der Waals surface area contributed by atoms with E-state index in [0.717, 1.165) is 6.20 Å². The Morgan fingerprint density at radius 1 is 1.13 bits per heavy atom. The maximum absolute atomic E-state index is 13.4. The fourth-order valence-corrected chi connectivity index (χ4v) is 3.74. The van der Waals surface area contributed by atoms with E-state index < -0.39 is 22.4 Å². The number of carbonyl (C=O) groups excluding carboxylic acids is 2. The second-order valence-corrected chi connectivity index (χ2v) is 7.91. The lowest BCUT2D eigenvalue weighted by Crippen LogP contribution is -2.45. The van der Waals surface area contributed by atoms with Gasteiger partial charge in [0.1, 0.15) is 5.69 Å². The maximum atomic E-state index is 13.4. The lowest BCUT2D eigenvalue weighted by Gasteiger charge is -2.32. The van der Waals surface area contributed by atoms with Crippen LogP contribution < -0.4 is 14.5 Å². The highest BCUT2D eigenvalue weighted by Crippen LogP contribution is 2.36. The third-order valence-corrected chi connectivity index (χ3v) is 5.33. The van der Waals surface area contributed by atoms with Crippen molar-refractivity contribution >= 4 is 51.0 Å². The van der Waals surface area contributed by atoms with Crippen LogP contribution in [-0.4, -0.2) is 54.6 Å². The maximum Gasteiger partial charge on any atom is 0.368 e. The van der Waals surface area contributed by atoms with E-state index >= 15 is 0 Å². The Hall–Kier alpha value is -2.89. The van der Waals surface area contributed by atoms with Crippen molar-refractivity contribution < 1.29 is 22.6 Å². The molecule has 2 N–H and O–H groups in total. The van der Waals surface area contributed by atoms with Gasteiger partial charge in [0, 0.05) is 30.9 Å². The van der Waals surface area contributed by atoms with Gasteiger partial charge >= 0.3 is 22.4 Å². The molecule has 31 heavy (non-hydrogen) atoms. The van der Waals surface area contributed by atoms with Crippen molar-refractivity contribution in [2.75, 3.05) is 28.8 Å². The van der Waals surface area contributed by atoms with Gasteiger partial charge < -0.3 is 10.2 Å². The van der Waals surface area contributed by atoms with Gasteiger partial charge in [0.15, 0.2) is 0 Å². The number of rotatable bonds is 7. The number of halogens is 1. The second kappa shape index (κ2) is 10.4. The fourth-order valence-electron chi connectivity index (χ4n) is 2.89. The number of carbonyl (C=O) groups is 2. The van der Waals surface area contributed by atoms with Crippen molar-refractivity contribution in [1.29, 1.82) is 0 Å². The molecule has 0 radical (unpaired) electrons. The number of anilines is 3. The highest BCUT2D eigenvalue weighted by atomic mass is 35.5. The summed E-state index contributed by atoms with van der Waals surface area (Å²) < 4.78 is 34.1. The van der Waals surface area contributed by atoms with Crippen LogP contribution in [0.1, 0.15) is 20.8 Å². The van der Waals surface area contributed by atoms with Crippen LogP contribution in [-0.2, 0) is 10.3 Å². The molecule has 168 valence electrons. The molecular weight excluding hydrogens is 446 g/mol. The summed E-state index contributed by atoms with van der Waals surface area (Å²) in [5.41, 5.74) is 0.0394. The van der Waals surface area contributed by atoms with Gasteiger partial charge in [-0.05, 0) is 45.0 Å². The molecule has 0 fully saturated rings. The molecule has 4 amide bonds. The number of hydrogen-bond donors (Lipinski definition) is 2. The quantitative estimate of drug-likeness (QED) is 0.596. The van der Waals surface area contributed by atoms with Crippen LogP contribution >= 0.6 is 11.6 Å². The Bertz CT molecular complexity index is 1050. The van der Waals surface area contributed by atoms with E-state index in [1.54, 1.807) is 39.0 Å². The van der Waals surface area contributed by atoms with Crippen LogP contribution in [0.5, 0.6) is 0 Å². The van der Waals surface area contributed by atoms with Crippen LogP contribution in [0.2, 0.25) is 5.02 Å². The Kier molecular flexibility index (Phi) is 8.20. The molecule has 0 spiro atoms. The van der Waals surface area contributed by atoms with Crippen molar-refractivity contribution in [3.05, 3.63) is 47.7 Å². The molecule has 0 aliphatic heterocycles. The van der Waals surface area contributed by atoms with Crippen molar-refractivity contribution in [3.8, 4) is 0 Å². The molecule has 2 aromatic rings. The van der Waals surface area contributed by atoms with Crippen LogP contribution in [0.3, 0.4) is 0 Å². The number of nitrogens with one attached hydrogen (secondary N) is 1. The third-order valence-electron chi connectivity index (χ3n) is 4.27. The molecule has 0 atom stereocenters. The Morgan fingerprint density at radius 3 is 2.35 bits per heavy atom. The van der Waals surface area contributed by atoms with Gasteiger partial charge in [-0.15, -0.1) is 0 Å². The lowest BCUT2D eigenvalue weighted by atomic mass is 10.2. The summed E-state index contributed by atoms with van der Waals surface area (Å²) >= 11 is 6.12. The molecule has 1 heterocycles. The number of aromatic nitrogens is 1. The van der Waals surface area contributed by atoms with E-state index in [4.69, 9.17) is 11.6 Å². The first-order chi connectivity index (χ1) is 14.6. The van der Waals surface area contributed by atoms with Crippen molar-refractivity contribution in [1.82, 2.24) is 15.2 Å². The van der Waals surface area contributed by atoms with E-state index in [1.165, 1.54) is 28.1 Å². The van der Waals surface area contributed by atoms with E-state index in [9.17, 15) is 22.6 Å². The van der Waals surface area contributed by atoms with Gasteiger partial charge in [-0.3, -0.25) is 14.4 Å². The van der Waals surface area contributed by atoms with Crippen molar-refractivity contribution in [2.45, 2.75) is 20.8 Å². The zero-order chi connectivity index (χ0) is 23.2. The highest BCUT2D eigenvalue weighted by molar-refractivity contribution is 7.88. The standard InChI is InChI=1S/C19H24ClN5O5S/c1-4-22-18(26)25(31(28,29)30)17-13-21-11-10-16(17)24(19(27)23(5-2)6-3)15-9-7-8-14(20)12-15/h7-13H,4-6H2,1-3H3,(H,22,26)(H,28,29,30). The number of amides is 4. The van der Waals surface area contributed by atoms with Crippen LogP contribution in [0.15, 0.2) is 42.7 Å². The molecule has 10 nitrogen and oxygen atoms in total. The van der Waals surface area contributed by atoms with Gasteiger partial charge in [0.25, 0.3) is 0 Å². The van der Waals surface area contributed by atoms with Crippen molar-refractivity contribution in [2.24, 2.45) is 0 Å². The summed E-state index contributed by atoms with van der Waals surface area (Å²) in [5.74, 6) is 0. The van der Waals surface area contributed by atoms with Crippen LogP contribution in [0, 0.1) is 0 Å². The normalized spacial score (nSPS) is 11.0. The van der Waals surface area contributed by atoms with Gasteiger partial charge in [0.2, 0.25) is 0 Å². The second-order valence-electron chi connectivity index (χ2n) is 6.21. The summed E-state index contributed by atoms with van der Waals surface area (Å²) in [4.78, 5) is 32.5. The minimum absolute atomic E-state index is 0.0121. The number of pyridine rings is 1. The number of hydrogen-bond acceptors (Lipinski definition) is 5. The first kappa shape index (κ1) is 24.4. The van der Waals surface area contributed by atoms with Gasteiger partial charge in [-0.2, -0.15) is 12.7 Å². The minimum atomic E-state index is -5.04. The molecule has 12 heteroatoms. The predicted molar refractivity (Wildman–Crippen MR) is 119 cm³/mol. The summed E-state index contributed by atoms with van der Waals surface area (Å²) in [7, 11) is -5.04. The van der Waals surface area contributed by atoms with Crippen molar-refractivity contribution in [3.63, 3.8) is 0 Å². The smallest absolute Gasteiger partial charge is 0.337 e. The minimum Gasteiger partial charge on any atom is -0.337 e. The molecule has 1 aromatic carbocycles. The Labute approximate surface area is 186 Å². The zero-order valence-electron chi connectivity index (χ0n) is 17.3. The average Bonchev–Trinajstić information content (AvgIpc) is 2.70. The SMILES string of the molecule is CCNC(=O)N(c1cnccc1N(C(=O)N(CC)CC)c1cccc(Cl)c1)S(=O)(=O)O. The van der Waals surface area contributed by atoms with E-state index in [0.29, 0.717) is 23.8 Å². The van der Waals surface area contributed by atoms with Crippen LogP contribution in [0.4, 0.5) is 26.7 Å². The third kappa shape index (κ3) is 5.63. The first-order valence-electron chi connectivity index (χ1n) is 9.49. The van der Waals surface area contributed by atoms with E-state index in [-0.39, 0.29) is 22.2 Å². The van der Waals surface area contributed by atoms with Gasteiger partial charge in [-0.25, -0.2) is 9.59 Å². The van der Waals surface area contributed by atoms with Gasteiger partial charge in [0.05, 0.1) is 17.6 Å². The Morgan fingerprint density at radius 2 is 1.81 bits per heavy atom. The molecule has 1 aromatic heterocycles. The largest absolute Gasteiger partial charge is 0.368 e. The molecule has 2 rings (SSSR count). The molecule has 0 bridgehead atoms. The topological polar surface area (TPSA) is 123 Å². The van der Waals surface area contributed by atoms with Gasteiger partial charge in [-0.1, -0.05) is 17.7 Å². The molecular formula is C19H24ClN5O5S. The lowest BCUT2D eigenvalue weighted by molar-refractivity contribution is 0.212. The molecule has 0 aliphatic rings. The summed E-state index contributed by atoms with van der Waals surface area (Å²) in [6.07, 6.45) is 2.41. The molecule has 0 unspecified atom stereocenters. The number of nitrogens with zero attached hydrogens (tertiary/aromatic N) is 4. The monoisotopic (exact) mass is 469 g/mol. The zero-order valence-corrected chi connectivity index (χ0v) is 18.9. The summed E-state index contributed by atoms with van der Waals surface area (Å²) in [6.45, 7) is 6.05. The number of urea groups is 2. The molecule has 0 aliphatic carbocycles. The van der Waals surface area contributed by atoms with Crippen LogP contribution in [0.25, 0.3) is 0 Å². The molecule has 0 saturated heterocycles. The highest BCUT2D eigenvalue weighted by Gasteiger charge is 2.33. The van der Waals surface area contributed by atoms with E-state index in [1.807, 2.05) is 0 Å². The molecule has 0 saturated carbocycles. The average molecular weight is 470 g/mol. The first-order valence-corrected chi connectivity index (χ1v) is 11.3. The predicted octanol–water partition coefficient (Wildman–Crippen LogP) is 3.67. The summed E-state index contributed by atoms with van der Waals surface area (Å²) in [5, 5.41) is 2.67. The van der Waals surface area contributed by atoms with E-state index in [2.05, 4.69) is 10.3 Å². The number of benzene rings is 1. The summed E-state index contributed by atoms with van der Waals surface area (Å²) in [6, 6.07) is 6.18. The Balaban J connectivity index is 2.78.